The Morgan fingerprint density at radius 3 is 2.56 bits per heavy atom. The van der Waals surface area contributed by atoms with Crippen LogP contribution in [0.15, 0.2) is 30.3 Å². The molecule has 0 radical (unpaired) electrons. The van der Waals surface area contributed by atoms with E-state index < -0.39 is 0 Å². The molecule has 0 bridgehead atoms. The van der Waals surface area contributed by atoms with Crippen LogP contribution in [0.25, 0.3) is 0 Å². The molecule has 1 unspecified atom stereocenters. The first-order valence-electron chi connectivity index (χ1n) is 5.96. The van der Waals surface area contributed by atoms with Crippen molar-refractivity contribution in [2.75, 3.05) is 19.0 Å². The van der Waals surface area contributed by atoms with Gasteiger partial charge in [-0.3, -0.25) is 0 Å². The summed E-state index contributed by atoms with van der Waals surface area (Å²) in [6.07, 6.45) is 0.0516. The van der Waals surface area contributed by atoms with Gasteiger partial charge in [0.05, 0.1) is 11.8 Å². The molecule has 0 saturated heterocycles. The van der Waals surface area contributed by atoms with Crippen molar-refractivity contribution in [3.8, 4) is 0 Å². The Balaban J connectivity index is 1.99. The van der Waals surface area contributed by atoms with Gasteiger partial charge in [0.2, 0.25) is 0 Å². The van der Waals surface area contributed by atoms with Gasteiger partial charge in [-0.2, -0.15) is 0 Å². The molecule has 1 heterocycles. The van der Waals surface area contributed by atoms with E-state index in [0.717, 1.165) is 17.4 Å². The van der Waals surface area contributed by atoms with Gasteiger partial charge in [0.1, 0.15) is 0 Å². The summed E-state index contributed by atoms with van der Waals surface area (Å²) < 4.78 is 5.51. The van der Waals surface area contributed by atoms with E-state index in [-0.39, 0.29) is 6.10 Å². The summed E-state index contributed by atoms with van der Waals surface area (Å²) in [5.74, 6) is 0. The molecule has 0 spiro atoms. The predicted molar refractivity (Wildman–Crippen MR) is 76.3 cm³/mol. The highest BCUT2D eigenvalue weighted by atomic mass is 32.1. The molecule has 4 heteroatoms. The van der Waals surface area contributed by atoms with E-state index >= 15 is 0 Å². The summed E-state index contributed by atoms with van der Waals surface area (Å²) in [7, 11) is 1.73. The predicted octanol–water partition coefficient (Wildman–Crippen LogP) is 3.56. The number of methoxy groups -OCH3 is 1. The number of nitrogens with one attached hydrogen (secondary N) is 1. The van der Waals surface area contributed by atoms with E-state index in [4.69, 9.17) is 4.74 Å². The number of anilines is 1. The zero-order chi connectivity index (χ0) is 13.0. The third kappa shape index (κ3) is 3.09. The maximum atomic E-state index is 5.51. The van der Waals surface area contributed by atoms with Crippen molar-refractivity contribution in [3.05, 3.63) is 46.5 Å². The highest BCUT2D eigenvalue weighted by Gasteiger charge is 2.11. The molecule has 0 amide bonds. The minimum atomic E-state index is 0.0516. The van der Waals surface area contributed by atoms with Crippen LogP contribution in [0.2, 0.25) is 0 Å². The van der Waals surface area contributed by atoms with E-state index in [1.807, 2.05) is 25.1 Å². The standard InChI is InChI=1S/C14H18N2OS/c1-10-11(2)18-14(16-10)15-9-13(17-3)12-7-5-4-6-8-12/h4-8,13H,9H2,1-3H3,(H,15,16). The zero-order valence-corrected chi connectivity index (χ0v) is 11.8. The van der Waals surface area contributed by atoms with Gasteiger partial charge >= 0.3 is 0 Å². The van der Waals surface area contributed by atoms with Crippen LogP contribution in [-0.2, 0) is 4.74 Å². The number of ether oxygens (including phenoxy) is 1. The zero-order valence-electron chi connectivity index (χ0n) is 10.9. The van der Waals surface area contributed by atoms with E-state index in [2.05, 4.69) is 29.4 Å². The van der Waals surface area contributed by atoms with Gasteiger partial charge in [0.15, 0.2) is 5.13 Å². The molecule has 1 aromatic carbocycles. The number of hydrogen-bond acceptors (Lipinski definition) is 4. The molecule has 1 aromatic heterocycles. The fourth-order valence-corrected chi connectivity index (χ4v) is 2.55. The molecule has 1 N–H and O–H groups in total. The molecule has 0 aliphatic heterocycles. The van der Waals surface area contributed by atoms with Crippen LogP contribution < -0.4 is 5.32 Å². The van der Waals surface area contributed by atoms with Crippen molar-refractivity contribution in [2.24, 2.45) is 0 Å². The third-order valence-electron chi connectivity index (χ3n) is 2.92. The van der Waals surface area contributed by atoms with Crippen molar-refractivity contribution < 1.29 is 4.74 Å². The Hall–Kier alpha value is -1.39. The average molecular weight is 262 g/mol. The normalized spacial score (nSPS) is 12.4. The lowest BCUT2D eigenvalue weighted by Crippen LogP contribution is -2.14. The van der Waals surface area contributed by atoms with Crippen molar-refractivity contribution in [2.45, 2.75) is 20.0 Å². The van der Waals surface area contributed by atoms with Crippen LogP contribution in [0.4, 0.5) is 5.13 Å². The third-order valence-corrected chi connectivity index (χ3v) is 3.95. The molecule has 2 rings (SSSR count). The Morgan fingerprint density at radius 1 is 1.28 bits per heavy atom. The van der Waals surface area contributed by atoms with Gasteiger partial charge in [0, 0.05) is 18.5 Å². The maximum absolute atomic E-state index is 5.51. The van der Waals surface area contributed by atoms with E-state index in [1.165, 1.54) is 10.4 Å². The second-order valence-electron chi connectivity index (χ2n) is 4.18. The van der Waals surface area contributed by atoms with Crippen LogP contribution in [0.1, 0.15) is 22.2 Å². The van der Waals surface area contributed by atoms with Crippen LogP contribution in [0.5, 0.6) is 0 Å². The van der Waals surface area contributed by atoms with Gasteiger partial charge in [0.25, 0.3) is 0 Å². The number of thiazole rings is 1. The smallest absolute Gasteiger partial charge is 0.183 e. The van der Waals surface area contributed by atoms with Crippen molar-refractivity contribution >= 4 is 16.5 Å². The number of aryl methyl sites for hydroxylation is 2. The second kappa shape index (κ2) is 5.98. The lowest BCUT2D eigenvalue weighted by atomic mass is 10.1. The van der Waals surface area contributed by atoms with Crippen molar-refractivity contribution in [1.29, 1.82) is 0 Å². The van der Waals surface area contributed by atoms with E-state index in [1.54, 1.807) is 18.4 Å². The molecule has 0 saturated carbocycles. The lowest BCUT2D eigenvalue weighted by molar-refractivity contribution is 0.114. The summed E-state index contributed by atoms with van der Waals surface area (Å²) in [5, 5.41) is 4.30. The quantitative estimate of drug-likeness (QED) is 0.894. The summed E-state index contributed by atoms with van der Waals surface area (Å²) in [6.45, 7) is 4.85. The van der Waals surface area contributed by atoms with Crippen molar-refractivity contribution in [3.63, 3.8) is 0 Å². The Labute approximate surface area is 112 Å². The molecule has 18 heavy (non-hydrogen) atoms. The van der Waals surface area contributed by atoms with E-state index in [9.17, 15) is 0 Å². The monoisotopic (exact) mass is 262 g/mol. The minimum Gasteiger partial charge on any atom is -0.375 e. The highest BCUT2D eigenvalue weighted by molar-refractivity contribution is 7.15. The largest absolute Gasteiger partial charge is 0.375 e. The molecule has 1 atom stereocenters. The summed E-state index contributed by atoms with van der Waals surface area (Å²) in [6, 6.07) is 10.2. The van der Waals surface area contributed by atoms with Crippen LogP contribution in [0, 0.1) is 13.8 Å². The number of hydrogen-bond donors (Lipinski definition) is 1. The fourth-order valence-electron chi connectivity index (χ4n) is 1.73. The fraction of sp³-hybridized carbons (Fsp3) is 0.357. The Bertz CT molecular complexity index is 476. The van der Waals surface area contributed by atoms with Crippen LogP contribution >= 0.6 is 11.3 Å². The summed E-state index contributed by atoms with van der Waals surface area (Å²) >= 11 is 1.68. The second-order valence-corrected chi connectivity index (χ2v) is 5.38. The van der Waals surface area contributed by atoms with Gasteiger partial charge in [-0.1, -0.05) is 30.3 Å². The van der Waals surface area contributed by atoms with Crippen molar-refractivity contribution in [1.82, 2.24) is 4.98 Å². The van der Waals surface area contributed by atoms with Crippen LogP contribution in [0.3, 0.4) is 0 Å². The SMILES string of the molecule is COC(CNc1nc(C)c(C)s1)c1ccccc1. The number of benzene rings is 1. The molecule has 0 fully saturated rings. The molecule has 0 aliphatic rings. The first-order valence-corrected chi connectivity index (χ1v) is 6.78. The molecular formula is C14H18N2OS. The minimum absolute atomic E-state index is 0.0516. The number of aromatic nitrogens is 1. The molecule has 2 aromatic rings. The number of rotatable bonds is 5. The van der Waals surface area contributed by atoms with Gasteiger partial charge < -0.3 is 10.1 Å². The van der Waals surface area contributed by atoms with Gasteiger partial charge in [-0.05, 0) is 19.4 Å². The molecule has 0 aliphatic carbocycles. The summed E-state index contributed by atoms with van der Waals surface area (Å²) in [5.41, 5.74) is 2.27. The molecule has 96 valence electrons. The van der Waals surface area contributed by atoms with E-state index in [0.29, 0.717) is 0 Å². The number of nitrogens with zero attached hydrogens (tertiary/aromatic N) is 1. The van der Waals surface area contributed by atoms with Crippen LogP contribution in [-0.4, -0.2) is 18.6 Å². The van der Waals surface area contributed by atoms with Gasteiger partial charge in [-0.25, -0.2) is 4.98 Å². The Kier molecular flexibility index (Phi) is 4.33. The Morgan fingerprint density at radius 2 is 2.00 bits per heavy atom. The lowest BCUT2D eigenvalue weighted by Gasteiger charge is -2.15. The summed E-state index contributed by atoms with van der Waals surface area (Å²) in [4.78, 5) is 5.72. The first-order chi connectivity index (χ1) is 8.70. The van der Waals surface area contributed by atoms with Gasteiger partial charge in [-0.15, -0.1) is 11.3 Å². The molecule has 3 nitrogen and oxygen atoms in total. The maximum Gasteiger partial charge on any atom is 0.183 e. The first kappa shape index (κ1) is 13.1. The topological polar surface area (TPSA) is 34.1 Å². The molecular weight excluding hydrogens is 244 g/mol. The highest BCUT2D eigenvalue weighted by Crippen LogP contribution is 2.23. The average Bonchev–Trinajstić information content (AvgIpc) is 2.71.